The Bertz CT molecular complexity index is 402. The molecule has 0 spiro atoms. The van der Waals surface area contributed by atoms with Crippen molar-refractivity contribution in [3.63, 3.8) is 0 Å². The normalized spacial score (nSPS) is 19.9. The molecule has 1 unspecified atom stereocenters. The van der Waals surface area contributed by atoms with Crippen LogP contribution in [0.4, 0.5) is 11.6 Å². The van der Waals surface area contributed by atoms with Gasteiger partial charge in [-0.1, -0.05) is 6.92 Å². The number of nitrogens with one attached hydrogen (secondary N) is 1. The van der Waals surface area contributed by atoms with Gasteiger partial charge in [0.25, 0.3) is 0 Å². The largest absolute Gasteiger partial charge is 0.369 e. The first-order valence-electron chi connectivity index (χ1n) is 6.32. The molecule has 0 bridgehead atoms. The summed E-state index contributed by atoms with van der Waals surface area (Å²) in [5, 5.41) is 3.33. The smallest absolute Gasteiger partial charge is 0.148 e. The fourth-order valence-electron chi connectivity index (χ4n) is 1.97. The highest BCUT2D eigenvalue weighted by Gasteiger charge is 2.23. The van der Waals surface area contributed by atoms with E-state index in [9.17, 15) is 0 Å². The quantitative estimate of drug-likeness (QED) is 0.919. The third kappa shape index (κ3) is 3.09. The van der Waals surface area contributed by atoms with Gasteiger partial charge < -0.3 is 10.2 Å². The maximum atomic E-state index is 4.44. The Morgan fingerprint density at radius 3 is 3.11 bits per heavy atom. The first-order valence-corrected chi connectivity index (χ1v) is 8.27. The lowest BCUT2D eigenvalue weighted by atomic mass is 10.3. The molecule has 1 aromatic rings. The van der Waals surface area contributed by atoms with Gasteiger partial charge >= 0.3 is 0 Å². The van der Waals surface area contributed by atoms with Gasteiger partial charge in [-0.05, 0) is 29.3 Å². The van der Waals surface area contributed by atoms with Gasteiger partial charge in [-0.3, -0.25) is 0 Å². The van der Waals surface area contributed by atoms with Crippen LogP contribution in [-0.2, 0) is 0 Å². The Morgan fingerprint density at radius 1 is 1.56 bits per heavy atom. The van der Waals surface area contributed by atoms with Crippen molar-refractivity contribution in [2.45, 2.75) is 26.3 Å². The zero-order valence-electron chi connectivity index (χ0n) is 10.8. The summed E-state index contributed by atoms with van der Waals surface area (Å²) < 4.78 is 0.984. The lowest BCUT2D eigenvalue weighted by Gasteiger charge is -2.34. The van der Waals surface area contributed by atoms with E-state index in [0.29, 0.717) is 6.04 Å². The highest BCUT2D eigenvalue weighted by atomic mass is 79.9. The van der Waals surface area contributed by atoms with Gasteiger partial charge in [-0.25, -0.2) is 9.97 Å². The summed E-state index contributed by atoms with van der Waals surface area (Å²) in [6.07, 6.45) is 2.73. The zero-order valence-corrected chi connectivity index (χ0v) is 13.2. The second-order valence-electron chi connectivity index (χ2n) is 4.40. The zero-order chi connectivity index (χ0) is 13.0. The van der Waals surface area contributed by atoms with Crippen LogP contribution < -0.4 is 10.2 Å². The van der Waals surface area contributed by atoms with Crippen molar-refractivity contribution in [3.8, 4) is 0 Å². The topological polar surface area (TPSA) is 41.1 Å². The maximum Gasteiger partial charge on any atom is 0.148 e. The standard InChI is InChI=1S/C12H19BrN4S/c1-3-4-14-11-10(13)12(16-8-15-11)17-5-6-18-7-9(17)2/h8-9H,3-7H2,1-2H3,(H,14,15,16). The van der Waals surface area contributed by atoms with Crippen LogP contribution in [-0.4, -0.2) is 40.6 Å². The van der Waals surface area contributed by atoms with E-state index in [4.69, 9.17) is 0 Å². The van der Waals surface area contributed by atoms with E-state index in [2.05, 4.69) is 50.0 Å². The Labute approximate surface area is 121 Å². The van der Waals surface area contributed by atoms with E-state index in [0.717, 1.165) is 41.4 Å². The molecule has 0 aliphatic carbocycles. The van der Waals surface area contributed by atoms with Gasteiger partial charge in [-0.2, -0.15) is 11.8 Å². The number of thioether (sulfide) groups is 1. The molecule has 6 heteroatoms. The lowest BCUT2D eigenvalue weighted by molar-refractivity contribution is 0.686. The summed E-state index contributed by atoms with van der Waals surface area (Å²) in [5.74, 6) is 4.23. The number of rotatable bonds is 4. The van der Waals surface area contributed by atoms with Crippen molar-refractivity contribution in [3.05, 3.63) is 10.8 Å². The van der Waals surface area contributed by atoms with Crippen molar-refractivity contribution in [1.29, 1.82) is 0 Å². The highest BCUT2D eigenvalue weighted by Crippen LogP contribution is 2.32. The molecule has 18 heavy (non-hydrogen) atoms. The molecule has 0 radical (unpaired) electrons. The Balaban J connectivity index is 2.21. The van der Waals surface area contributed by atoms with E-state index < -0.39 is 0 Å². The van der Waals surface area contributed by atoms with Crippen LogP contribution in [0.15, 0.2) is 10.8 Å². The summed E-state index contributed by atoms with van der Waals surface area (Å²) in [7, 11) is 0. The van der Waals surface area contributed by atoms with Gasteiger partial charge in [0.2, 0.25) is 0 Å². The van der Waals surface area contributed by atoms with Crippen LogP contribution in [0, 0.1) is 0 Å². The Morgan fingerprint density at radius 2 is 2.39 bits per heavy atom. The van der Waals surface area contributed by atoms with Crippen molar-refractivity contribution in [2.24, 2.45) is 0 Å². The van der Waals surface area contributed by atoms with E-state index in [1.165, 1.54) is 5.75 Å². The van der Waals surface area contributed by atoms with Crippen LogP contribution in [0.3, 0.4) is 0 Å². The van der Waals surface area contributed by atoms with Crippen LogP contribution in [0.5, 0.6) is 0 Å². The molecule has 1 N–H and O–H groups in total. The maximum absolute atomic E-state index is 4.44. The summed E-state index contributed by atoms with van der Waals surface area (Å²) in [5.41, 5.74) is 0. The summed E-state index contributed by atoms with van der Waals surface area (Å²) in [6.45, 7) is 6.38. The first-order chi connectivity index (χ1) is 8.74. The molecule has 1 aliphatic heterocycles. The van der Waals surface area contributed by atoms with Crippen molar-refractivity contribution in [2.75, 3.05) is 34.8 Å². The number of nitrogens with zero attached hydrogens (tertiary/aromatic N) is 3. The molecular formula is C12H19BrN4S. The monoisotopic (exact) mass is 330 g/mol. The van der Waals surface area contributed by atoms with Gasteiger partial charge in [0, 0.05) is 30.6 Å². The van der Waals surface area contributed by atoms with Crippen molar-refractivity contribution >= 4 is 39.3 Å². The minimum atomic E-state index is 0.522. The van der Waals surface area contributed by atoms with Crippen LogP contribution in [0.2, 0.25) is 0 Å². The number of hydrogen-bond donors (Lipinski definition) is 1. The van der Waals surface area contributed by atoms with E-state index in [1.807, 2.05) is 11.8 Å². The van der Waals surface area contributed by atoms with Crippen molar-refractivity contribution < 1.29 is 0 Å². The molecule has 0 amide bonds. The lowest BCUT2D eigenvalue weighted by Crippen LogP contribution is -2.41. The fourth-order valence-corrected chi connectivity index (χ4v) is 3.56. The molecule has 1 aliphatic rings. The highest BCUT2D eigenvalue weighted by molar-refractivity contribution is 9.10. The molecule has 1 saturated heterocycles. The molecule has 0 aromatic carbocycles. The van der Waals surface area contributed by atoms with E-state index in [-0.39, 0.29) is 0 Å². The summed E-state index contributed by atoms with van der Waals surface area (Å²) in [6, 6.07) is 0.522. The predicted octanol–water partition coefficient (Wildman–Crippen LogP) is 3.00. The molecule has 0 saturated carbocycles. The summed E-state index contributed by atoms with van der Waals surface area (Å²) in [4.78, 5) is 11.1. The second kappa shape index (κ2) is 6.61. The number of hydrogen-bond acceptors (Lipinski definition) is 5. The number of anilines is 2. The van der Waals surface area contributed by atoms with Crippen LogP contribution in [0.25, 0.3) is 0 Å². The SMILES string of the molecule is CCCNc1ncnc(N2CCSCC2C)c1Br. The third-order valence-corrected chi connectivity index (χ3v) is 4.87. The third-order valence-electron chi connectivity index (χ3n) is 2.95. The van der Waals surface area contributed by atoms with Gasteiger partial charge in [0.05, 0.1) is 0 Å². The Hall–Kier alpha value is -0.490. The number of aromatic nitrogens is 2. The van der Waals surface area contributed by atoms with Gasteiger partial charge in [0.1, 0.15) is 22.4 Å². The fraction of sp³-hybridized carbons (Fsp3) is 0.667. The Kier molecular flexibility index (Phi) is 5.12. The van der Waals surface area contributed by atoms with Crippen LogP contribution >= 0.6 is 27.7 Å². The molecule has 100 valence electrons. The minimum Gasteiger partial charge on any atom is -0.369 e. The second-order valence-corrected chi connectivity index (χ2v) is 6.35. The minimum absolute atomic E-state index is 0.522. The molecular weight excluding hydrogens is 312 g/mol. The average molecular weight is 331 g/mol. The first kappa shape index (κ1) is 13.9. The summed E-state index contributed by atoms with van der Waals surface area (Å²) >= 11 is 5.65. The molecule has 1 aromatic heterocycles. The number of halogens is 1. The van der Waals surface area contributed by atoms with E-state index in [1.54, 1.807) is 6.33 Å². The molecule has 1 atom stereocenters. The average Bonchev–Trinajstić information content (AvgIpc) is 2.39. The molecule has 2 rings (SSSR count). The van der Waals surface area contributed by atoms with Crippen LogP contribution in [0.1, 0.15) is 20.3 Å². The van der Waals surface area contributed by atoms with E-state index >= 15 is 0 Å². The molecule has 4 nitrogen and oxygen atoms in total. The van der Waals surface area contributed by atoms with Gasteiger partial charge in [-0.15, -0.1) is 0 Å². The van der Waals surface area contributed by atoms with Gasteiger partial charge in [0.15, 0.2) is 0 Å². The predicted molar refractivity (Wildman–Crippen MR) is 82.6 cm³/mol. The van der Waals surface area contributed by atoms with Crippen molar-refractivity contribution in [1.82, 2.24) is 9.97 Å². The molecule has 2 heterocycles. The molecule has 1 fully saturated rings.